The number of hydrogen-bond donors (Lipinski definition) is 1. The monoisotopic (exact) mass is 500 g/mol. The first-order chi connectivity index (χ1) is 16.3. The Morgan fingerprint density at radius 3 is 2.40 bits per heavy atom. The van der Waals surface area contributed by atoms with Gasteiger partial charge >= 0.3 is 0 Å². The van der Waals surface area contributed by atoms with Crippen molar-refractivity contribution in [3.05, 3.63) is 23.3 Å². The summed E-state index contributed by atoms with van der Waals surface area (Å²) in [5, 5.41) is 11.0. The minimum absolute atomic E-state index is 0.00658. The third kappa shape index (κ3) is 2.80. The van der Waals surface area contributed by atoms with Crippen molar-refractivity contribution in [2.24, 2.45) is 22.2 Å². The van der Waals surface area contributed by atoms with Crippen LogP contribution in [0.5, 0.6) is 5.75 Å². The molecule has 0 aromatic heterocycles. The predicted molar refractivity (Wildman–Crippen MR) is 135 cm³/mol. The van der Waals surface area contributed by atoms with Gasteiger partial charge in [0, 0.05) is 48.1 Å². The molecule has 2 heterocycles. The molecule has 6 rings (SSSR count). The summed E-state index contributed by atoms with van der Waals surface area (Å²) in [7, 11) is -1.62. The van der Waals surface area contributed by atoms with Crippen LogP contribution in [0.25, 0.3) is 0 Å². The van der Waals surface area contributed by atoms with Gasteiger partial charge in [-0.1, -0.05) is 34.1 Å². The Hall–Kier alpha value is -1.60. The first kappa shape index (κ1) is 23.8. The summed E-state index contributed by atoms with van der Waals surface area (Å²) in [6, 6.07) is 3.15. The Morgan fingerprint density at radius 2 is 1.71 bits per heavy atom. The van der Waals surface area contributed by atoms with Crippen LogP contribution >= 0.6 is 0 Å². The van der Waals surface area contributed by atoms with E-state index in [1.54, 1.807) is 17.0 Å². The van der Waals surface area contributed by atoms with Gasteiger partial charge in [-0.2, -0.15) is 0 Å². The van der Waals surface area contributed by atoms with Gasteiger partial charge in [-0.3, -0.25) is 4.79 Å². The van der Waals surface area contributed by atoms with E-state index >= 15 is 0 Å². The highest BCUT2D eigenvalue weighted by atomic mass is 32.2. The maximum atomic E-state index is 14.1. The number of amides is 1. The van der Waals surface area contributed by atoms with Gasteiger partial charge in [0.15, 0.2) is 9.84 Å². The van der Waals surface area contributed by atoms with Crippen LogP contribution in [0.4, 0.5) is 0 Å². The van der Waals surface area contributed by atoms with Crippen molar-refractivity contribution < 1.29 is 18.3 Å². The highest BCUT2D eigenvalue weighted by molar-refractivity contribution is 7.92. The predicted octanol–water partition coefficient (Wildman–Crippen LogP) is 4.21. The number of sulfone groups is 1. The molecule has 1 spiro atoms. The molecule has 1 aromatic carbocycles. The maximum Gasteiger partial charge on any atom is 0.254 e. The third-order valence-electron chi connectivity index (χ3n) is 11.4. The summed E-state index contributed by atoms with van der Waals surface area (Å²) in [4.78, 5) is 17.5. The van der Waals surface area contributed by atoms with E-state index in [0.717, 1.165) is 38.8 Å². The number of fused-ring (bicyclic) bond motifs is 3. The number of carbonyl (C=O) groups is 1. The average molecular weight is 501 g/mol. The number of carbonyl (C=O) groups excluding carboxylic acids is 1. The van der Waals surface area contributed by atoms with E-state index in [1.807, 2.05) is 7.05 Å². The van der Waals surface area contributed by atoms with Gasteiger partial charge in [0.25, 0.3) is 5.91 Å². The molecule has 3 aliphatic carbocycles. The lowest BCUT2D eigenvalue weighted by atomic mass is 9.40. The second kappa shape index (κ2) is 7.03. The zero-order chi connectivity index (χ0) is 25.2. The minimum atomic E-state index is -3.65. The van der Waals surface area contributed by atoms with E-state index in [4.69, 9.17) is 0 Å². The molecule has 2 unspecified atom stereocenters. The number of likely N-dealkylation sites (N-methyl/N-ethyl adjacent to an activating group) is 1. The van der Waals surface area contributed by atoms with E-state index in [9.17, 15) is 18.3 Å². The summed E-state index contributed by atoms with van der Waals surface area (Å²) in [6.45, 7) is 12.1. The van der Waals surface area contributed by atoms with E-state index in [1.165, 1.54) is 6.42 Å². The molecule has 3 saturated carbocycles. The SMILES string of the molecule is CN1CCN(C(=O)c2cc(O)c3c(c2)S(=O)(=O)C2CC24[C@@]3(C)CC[C@H]2C(C)(C)CCC[C@@]24C)CC1. The smallest absolute Gasteiger partial charge is 0.254 e. The first-order valence-electron chi connectivity index (χ1n) is 13.4. The number of hydrogen-bond acceptors (Lipinski definition) is 5. The van der Waals surface area contributed by atoms with E-state index in [-0.39, 0.29) is 32.8 Å². The molecule has 1 aromatic rings. The number of phenolic OH excluding ortho intramolecular Hbond substituents is 1. The van der Waals surface area contributed by atoms with Gasteiger partial charge in [0.2, 0.25) is 0 Å². The summed E-state index contributed by atoms with van der Waals surface area (Å²) in [6.07, 6.45) is 5.98. The van der Waals surface area contributed by atoms with Crippen molar-refractivity contribution in [3.8, 4) is 5.75 Å². The Labute approximate surface area is 210 Å². The van der Waals surface area contributed by atoms with Crippen molar-refractivity contribution in [2.45, 2.75) is 81.8 Å². The van der Waals surface area contributed by atoms with Crippen molar-refractivity contribution in [3.63, 3.8) is 0 Å². The fraction of sp³-hybridized carbons (Fsp3) is 0.750. The second-order valence-corrected chi connectivity index (χ2v) is 15.5. The van der Waals surface area contributed by atoms with Crippen LogP contribution in [0.1, 0.15) is 82.1 Å². The lowest BCUT2D eigenvalue weighted by Gasteiger charge is -2.65. The zero-order valence-corrected chi connectivity index (χ0v) is 22.7. The van der Waals surface area contributed by atoms with Crippen LogP contribution in [-0.4, -0.2) is 67.7 Å². The van der Waals surface area contributed by atoms with E-state index < -0.39 is 20.5 Å². The summed E-state index contributed by atoms with van der Waals surface area (Å²) >= 11 is 0. The summed E-state index contributed by atoms with van der Waals surface area (Å²) < 4.78 is 28.2. The van der Waals surface area contributed by atoms with Gasteiger partial charge in [0.05, 0.1) is 10.1 Å². The molecule has 5 aliphatic rings. The number of rotatable bonds is 1. The first-order valence-corrected chi connectivity index (χ1v) is 14.9. The molecule has 1 saturated heterocycles. The molecule has 5 atom stereocenters. The molecule has 35 heavy (non-hydrogen) atoms. The van der Waals surface area contributed by atoms with Crippen LogP contribution in [0.3, 0.4) is 0 Å². The zero-order valence-electron chi connectivity index (χ0n) is 21.9. The molecule has 6 nitrogen and oxygen atoms in total. The van der Waals surface area contributed by atoms with Crippen LogP contribution in [-0.2, 0) is 15.3 Å². The summed E-state index contributed by atoms with van der Waals surface area (Å²) in [5.41, 5.74) is 0.261. The van der Waals surface area contributed by atoms with Crippen LogP contribution in [0.15, 0.2) is 17.0 Å². The molecule has 1 N–H and O–H groups in total. The molecule has 0 bridgehead atoms. The molecular formula is C28H40N2O4S. The van der Waals surface area contributed by atoms with Crippen molar-refractivity contribution in [1.82, 2.24) is 9.80 Å². The van der Waals surface area contributed by atoms with Gasteiger partial charge in [-0.15, -0.1) is 0 Å². The number of aromatic hydroxyl groups is 1. The summed E-state index contributed by atoms with van der Waals surface area (Å²) in [5.74, 6) is 0.292. The Bertz CT molecular complexity index is 1220. The number of nitrogens with zero attached hydrogens (tertiary/aromatic N) is 2. The molecule has 192 valence electrons. The van der Waals surface area contributed by atoms with E-state index in [0.29, 0.717) is 36.6 Å². The van der Waals surface area contributed by atoms with Crippen LogP contribution < -0.4 is 0 Å². The Balaban J connectivity index is 1.48. The fourth-order valence-corrected chi connectivity index (χ4v) is 12.4. The molecular weight excluding hydrogens is 460 g/mol. The Kier molecular flexibility index (Phi) is 4.78. The molecule has 2 aliphatic heterocycles. The van der Waals surface area contributed by atoms with Crippen molar-refractivity contribution >= 4 is 15.7 Å². The Morgan fingerprint density at radius 1 is 1.03 bits per heavy atom. The van der Waals surface area contributed by atoms with Crippen molar-refractivity contribution in [2.75, 3.05) is 33.2 Å². The largest absolute Gasteiger partial charge is 0.508 e. The number of piperazine rings is 1. The minimum Gasteiger partial charge on any atom is -0.508 e. The highest BCUT2D eigenvalue weighted by Crippen LogP contribution is 2.83. The van der Waals surface area contributed by atoms with Gasteiger partial charge in [0.1, 0.15) is 5.75 Å². The highest BCUT2D eigenvalue weighted by Gasteiger charge is 2.82. The second-order valence-electron chi connectivity index (χ2n) is 13.4. The quantitative estimate of drug-likeness (QED) is 0.625. The third-order valence-corrected chi connectivity index (χ3v) is 13.7. The number of benzene rings is 1. The number of phenols is 1. The average Bonchev–Trinajstić information content (AvgIpc) is 3.56. The van der Waals surface area contributed by atoms with Crippen molar-refractivity contribution in [1.29, 1.82) is 0 Å². The fourth-order valence-electron chi connectivity index (χ4n) is 9.64. The van der Waals surface area contributed by atoms with Gasteiger partial charge < -0.3 is 14.9 Å². The van der Waals surface area contributed by atoms with E-state index in [2.05, 4.69) is 32.6 Å². The molecule has 7 heteroatoms. The van der Waals surface area contributed by atoms with Crippen LogP contribution in [0.2, 0.25) is 0 Å². The molecule has 1 amide bonds. The van der Waals surface area contributed by atoms with Gasteiger partial charge in [-0.25, -0.2) is 8.42 Å². The lowest BCUT2D eigenvalue weighted by Crippen LogP contribution is -2.61. The standard InChI is InChI=1S/C28H40N2O4S/c1-25(2)8-6-9-26(3)21(25)7-10-27(4)23-19(31)15-18(24(32)30-13-11-29(5)12-14-30)16-20(23)35(33,34)22-17-28(22,26)27/h15-16,21-22,31H,6-14,17H2,1-5H3/t21-,22?,26-,27-,28?/m0/s1. The normalized spacial score (nSPS) is 41.2. The van der Waals surface area contributed by atoms with Crippen LogP contribution in [0, 0.1) is 22.2 Å². The molecule has 0 radical (unpaired) electrons. The maximum absolute atomic E-state index is 14.1. The topological polar surface area (TPSA) is 77.9 Å². The van der Waals surface area contributed by atoms with Gasteiger partial charge in [-0.05, 0) is 68.0 Å². The molecule has 4 fully saturated rings. The lowest BCUT2D eigenvalue weighted by molar-refractivity contribution is -0.121.